The monoisotopic (exact) mass is 584 g/mol. The van der Waals surface area contributed by atoms with Crippen LogP contribution in [0.1, 0.15) is 71.3 Å². The topological polar surface area (TPSA) is 36.9 Å². The third-order valence-electron chi connectivity index (χ3n) is 8.87. The van der Waals surface area contributed by atoms with E-state index in [9.17, 15) is 0 Å². The lowest BCUT2D eigenvalue weighted by molar-refractivity contribution is -0.342. The van der Waals surface area contributed by atoms with E-state index in [0.717, 1.165) is 51.6 Å². The molecule has 3 atom stereocenters. The van der Waals surface area contributed by atoms with Crippen LogP contribution in [-0.4, -0.2) is 39.5 Å². The Balaban J connectivity index is 1.23. The molecule has 2 fully saturated rings. The maximum Gasteiger partial charge on any atom is 0.261 e. The zero-order chi connectivity index (χ0) is 29.5. The van der Waals surface area contributed by atoms with Crippen molar-refractivity contribution in [2.24, 2.45) is 0 Å². The van der Waals surface area contributed by atoms with E-state index < -0.39 is 14.1 Å². The molecule has 0 aliphatic carbocycles. The van der Waals surface area contributed by atoms with Gasteiger partial charge in [0.05, 0.1) is 19.3 Å². The van der Waals surface area contributed by atoms with Crippen LogP contribution in [0, 0.1) is 0 Å². The molecule has 3 aromatic rings. The van der Waals surface area contributed by atoms with Crippen LogP contribution in [0.25, 0.3) is 0 Å². The van der Waals surface area contributed by atoms with Crippen molar-refractivity contribution in [2.75, 3.05) is 13.2 Å². The molecule has 0 bridgehead atoms. The van der Waals surface area contributed by atoms with Gasteiger partial charge in [-0.15, -0.1) is 0 Å². The maximum atomic E-state index is 7.12. The van der Waals surface area contributed by atoms with Gasteiger partial charge in [-0.05, 0) is 59.5 Å². The van der Waals surface area contributed by atoms with Crippen molar-refractivity contribution < 1.29 is 18.6 Å². The largest absolute Gasteiger partial charge is 0.407 e. The molecule has 1 spiro atoms. The lowest BCUT2D eigenvalue weighted by atomic mass is 9.89. The van der Waals surface area contributed by atoms with Gasteiger partial charge in [-0.1, -0.05) is 124 Å². The molecule has 0 aromatic heterocycles. The van der Waals surface area contributed by atoms with E-state index in [1.807, 2.05) is 6.07 Å². The lowest BCUT2D eigenvalue weighted by Crippen LogP contribution is -2.66. The molecule has 0 saturated carbocycles. The predicted octanol–water partition coefficient (Wildman–Crippen LogP) is 7.56. The average molecular weight is 585 g/mol. The van der Waals surface area contributed by atoms with Crippen LogP contribution in [0.3, 0.4) is 0 Å². The van der Waals surface area contributed by atoms with Gasteiger partial charge in [0.1, 0.15) is 6.10 Å². The third kappa shape index (κ3) is 6.98. The van der Waals surface area contributed by atoms with Crippen molar-refractivity contribution in [1.29, 1.82) is 0 Å². The van der Waals surface area contributed by atoms with Gasteiger partial charge in [0.2, 0.25) is 0 Å². The van der Waals surface area contributed by atoms with Crippen molar-refractivity contribution in [3.8, 4) is 0 Å². The molecule has 42 heavy (non-hydrogen) atoms. The summed E-state index contributed by atoms with van der Waals surface area (Å²) in [4.78, 5) is 0. The summed E-state index contributed by atoms with van der Waals surface area (Å²) in [6, 6.07) is 32.1. The first-order valence-electron chi connectivity index (χ1n) is 15.7. The SMILES string of the molecule is C=C(CCO[Si](c1ccccc1)(c1ccccc1)C(C)(C)C)C[C@H]1CC[C@H](OCc2ccccc2)[C@]2(CCCCO2)O1. The Kier molecular flexibility index (Phi) is 10.2. The van der Waals surface area contributed by atoms with E-state index in [-0.39, 0.29) is 17.2 Å². The van der Waals surface area contributed by atoms with Crippen LogP contribution in [0.15, 0.2) is 103 Å². The second-order valence-corrected chi connectivity index (χ2v) is 17.2. The maximum absolute atomic E-state index is 7.12. The van der Waals surface area contributed by atoms with Gasteiger partial charge in [0.15, 0.2) is 5.79 Å². The second kappa shape index (κ2) is 13.8. The lowest BCUT2D eigenvalue weighted by Gasteiger charge is -2.48. The van der Waals surface area contributed by atoms with E-state index in [2.05, 4.69) is 112 Å². The molecule has 0 amide bonds. The van der Waals surface area contributed by atoms with Gasteiger partial charge in [-0.25, -0.2) is 0 Å². The fourth-order valence-electron chi connectivity index (χ4n) is 6.77. The highest BCUT2D eigenvalue weighted by Crippen LogP contribution is 2.41. The van der Waals surface area contributed by atoms with Crippen molar-refractivity contribution in [3.63, 3.8) is 0 Å². The molecular weight excluding hydrogens is 536 g/mol. The first kappa shape index (κ1) is 30.9. The molecular formula is C37H48O4Si. The Morgan fingerprint density at radius 1 is 0.881 bits per heavy atom. The molecule has 224 valence electrons. The molecule has 2 heterocycles. The fraction of sp³-hybridized carbons (Fsp3) is 0.459. The molecule has 3 aromatic carbocycles. The zero-order valence-corrected chi connectivity index (χ0v) is 26.7. The smallest absolute Gasteiger partial charge is 0.261 e. The molecule has 5 rings (SSSR count). The summed E-state index contributed by atoms with van der Waals surface area (Å²) in [5.74, 6) is -0.651. The molecule has 2 aliphatic heterocycles. The van der Waals surface area contributed by atoms with Gasteiger partial charge < -0.3 is 18.6 Å². The van der Waals surface area contributed by atoms with Crippen LogP contribution < -0.4 is 10.4 Å². The summed E-state index contributed by atoms with van der Waals surface area (Å²) in [7, 11) is -2.56. The van der Waals surface area contributed by atoms with E-state index >= 15 is 0 Å². The molecule has 5 heteroatoms. The summed E-state index contributed by atoms with van der Waals surface area (Å²) < 4.78 is 26.7. The van der Waals surface area contributed by atoms with Crippen molar-refractivity contribution in [2.45, 2.75) is 95.4 Å². The Morgan fingerprint density at radius 3 is 2.07 bits per heavy atom. The number of benzene rings is 3. The minimum atomic E-state index is -2.56. The highest BCUT2D eigenvalue weighted by atomic mass is 28.4. The number of hydrogen-bond acceptors (Lipinski definition) is 4. The molecule has 0 radical (unpaired) electrons. The third-order valence-corrected chi connectivity index (χ3v) is 13.9. The number of ether oxygens (including phenoxy) is 3. The number of hydrogen-bond donors (Lipinski definition) is 0. The quantitative estimate of drug-likeness (QED) is 0.172. The highest BCUT2D eigenvalue weighted by molar-refractivity contribution is 6.99. The second-order valence-electron chi connectivity index (χ2n) is 12.9. The fourth-order valence-corrected chi connectivity index (χ4v) is 11.3. The molecule has 4 nitrogen and oxygen atoms in total. The highest BCUT2D eigenvalue weighted by Gasteiger charge is 2.50. The van der Waals surface area contributed by atoms with Gasteiger partial charge in [0, 0.05) is 13.0 Å². The first-order chi connectivity index (χ1) is 20.3. The minimum Gasteiger partial charge on any atom is -0.407 e. The zero-order valence-electron chi connectivity index (χ0n) is 25.7. The van der Waals surface area contributed by atoms with E-state index in [1.54, 1.807) is 0 Å². The standard InChI is InChI=1S/C37H48O4Si/c1-30(24-27-40-42(36(2,3)4,33-18-10-6-11-19-33)34-20-12-7-13-21-34)28-32-22-23-35(37(41-32)25-14-15-26-39-37)38-29-31-16-8-5-9-17-31/h5-13,16-21,32,35H,1,14-15,22-29H2,2-4H3/t32-,35+,37+/m1/s1. The Bertz CT molecular complexity index is 1210. The number of rotatable bonds is 11. The van der Waals surface area contributed by atoms with Gasteiger partial charge in [0.25, 0.3) is 8.32 Å². The molecule has 0 unspecified atom stereocenters. The van der Waals surface area contributed by atoms with Crippen LogP contribution >= 0.6 is 0 Å². The summed E-state index contributed by atoms with van der Waals surface area (Å²) >= 11 is 0. The van der Waals surface area contributed by atoms with Crippen LogP contribution in [0.2, 0.25) is 5.04 Å². The Labute approximate surface area is 254 Å². The first-order valence-corrected chi connectivity index (χ1v) is 17.6. The average Bonchev–Trinajstić information content (AvgIpc) is 3.00. The van der Waals surface area contributed by atoms with Gasteiger partial charge >= 0.3 is 0 Å². The molecule has 0 N–H and O–H groups in total. The van der Waals surface area contributed by atoms with E-state index in [4.69, 9.17) is 18.6 Å². The summed E-state index contributed by atoms with van der Waals surface area (Å²) in [6.07, 6.45) is 6.60. The van der Waals surface area contributed by atoms with Crippen LogP contribution in [0.5, 0.6) is 0 Å². The molecule has 2 aliphatic rings. The van der Waals surface area contributed by atoms with Crippen molar-refractivity contribution >= 4 is 18.7 Å². The van der Waals surface area contributed by atoms with Crippen LogP contribution in [0.4, 0.5) is 0 Å². The van der Waals surface area contributed by atoms with Gasteiger partial charge in [-0.2, -0.15) is 0 Å². The minimum absolute atomic E-state index is 0.0387. The van der Waals surface area contributed by atoms with Crippen LogP contribution in [-0.2, 0) is 25.2 Å². The van der Waals surface area contributed by atoms with E-state index in [0.29, 0.717) is 13.2 Å². The summed E-state index contributed by atoms with van der Waals surface area (Å²) in [6.45, 7) is 13.4. The molecule has 2 saturated heterocycles. The van der Waals surface area contributed by atoms with E-state index in [1.165, 1.54) is 21.5 Å². The normalized spacial score (nSPS) is 23.1. The Hall–Kier alpha value is -2.54. The Morgan fingerprint density at radius 2 is 1.50 bits per heavy atom. The van der Waals surface area contributed by atoms with Crippen molar-refractivity contribution in [1.82, 2.24) is 0 Å². The predicted molar refractivity (Wildman–Crippen MR) is 174 cm³/mol. The summed E-state index contributed by atoms with van der Waals surface area (Å²) in [5.41, 5.74) is 2.35. The summed E-state index contributed by atoms with van der Waals surface area (Å²) in [5, 5.41) is 2.58. The van der Waals surface area contributed by atoms with Gasteiger partial charge in [-0.3, -0.25) is 0 Å². The van der Waals surface area contributed by atoms with Crippen molar-refractivity contribution in [3.05, 3.63) is 109 Å².